The van der Waals surface area contributed by atoms with Crippen molar-refractivity contribution in [3.8, 4) is 24.0 Å². The van der Waals surface area contributed by atoms with Gasteiger partial charge in [0.05, 0.1) is 13.7 Å². The maximum absolute atomic E-state index is 16.0. The summed E-state index contributed by atoms with van der Waals surface area (Å²) in [6, 6.07) is 27.5. The first kappa shape index (κ1) is 28.7. The highest BCUT2D eigenvalue weighted by atomic mass is 19.1. The molecule has 0 saturated carbocycles. The van der Waals surface area contributed by atoms with Crippen molar-refractivity contribution >= 4 is 17.1 Å². The number of ether oxygens (including phenoxy) is 3. The number of methoxy groups -OCH3 is 1. The van der Waals surface area contributed by atoms with Gasteiger partial charge < -0.3 is 24.6 Å². The fraction of sp³-hybridized carbons (Fsp3) is 0.206. The van der Waals surface area contributed by atoms with Gasteiger partial charge in [-0.2, -0.15) is 9.97 Å². The highest BCUT2D eigenvalue weighted by Gasteiger charge is 2.56. The molecule has 0 aliphatic carbocycles. The van der Waals surface area contributed by atoms with Crippen molar-refractivity contribution in [2.45, 2.75) is 30.5 Å². The van der Waals surface area contributed by atoms with Crippen LogP contribution in [-0.4, -0.2) is 50.1 Å². The zero-order valence-corrected chi connectivity index (χ0v) is 24.1. The van der Waals surface area contributed by atoms with E-state index in [4.69, 9.17) is 30.6 Å². The summed E-state index contributed by atoms with van der Waals surface area (Å²) in [5.74, 6) is 2.88. The maximum Gasteiger partial charge on any atom is 0.259 e. The summed E-state index contributed by atoms with van der Waals surface area (Å²) >= 11 is 0. The van der Waals surface area contributed by atoms with Crippen LogP contribution >= 0.6 is 0 Å². The molecule has 1 saturated heterocycles. The molecule has 0 radical (unpaired) electrons. The van der Waals surface area contributed by atoms with Crippen LogP contribution in [0, 0.1) is 12.3 Å². The number of rotatable bonds is 9. The van der Waals surface area contributed by atoms with Gasteiger partial charge in [0, 0.05) is 0 Å². The normalized spacial score (nSPS) is 19.8. The van der Waals surface area contributed by atoms with Crippen molar-refractivity contribution in [1.29, 1.82) is 0 Å². The summed E-state index contributed by atoms with van der Waals surface area (Å²) in [5.41, 5.74) is -0.495. The van der Waals surface area contributed by atoms with E-state index in [0.717, 1.165) is 16.7 Å². The number of aliphatic hydroxyl groups excluding tert-OH is 1. The number of halogens is 1. The number of hydrogen-bond acceptors (Lipinski definition) is 8. The zero-order valence-electron chi connectivity index (χ0n) is 24.1. The molecule has 44 heavy (non-hydrogen) atoms. The number of anilines is 1. The number of imidazole rings is 1. The third-order valence-electron chi connectivity index (χ3n) is 7.71. The van der Waals surface area contributed by atoms with E-state index in [1.807, 2.05) is 97.8 Å². The molecule has 3 heterocycles. The smallest absolute Gasteiger partial charge is 0.259 e. The van der Waals surface area contributed by atoms with Crippen LogP contribution in [-0.2, 0) is 10.3 Å². The fourth-order valence-electron chi connectivity index (χ4n) is 5.53. The maximum atomic E-state index is 16.0. The monoisotopic (exact) mass is 591 g/mol. The van der Waals surface area contributed by atoms with E-state index in [1.165, 1.54) is 10.9 Å². The van der Waals surface area contributed by atoms with Crippen LogP contribution in [0.15, 0.2) is 104 Å². The minimum absolute atomic E-state index is 0.161. The lowest BCUT2D eigenvalue weighted by atomic mass is 9.77. The Morgan fingerprint density at radius 2 is 1.66 bits per heavy atom. The molecule has 1 fully saturated rings. The molecule has 0 bridgehead atoms. The van der Waals surface area contributed by atoms with Crippen molar-refractivity contribution in [2.24, 2.45) is 0 Å². The summed E-state index contributed by atoms with van der Waals surface area (Å²) in [7, 11) is 1.62. The number of benzene rings is 3. The third-order valence-corrected chi connectivity index (χ3v) is 7.71. The van der Waals surface area contributed by atoms with Crippen molar-refractivity contribution in [1.82, 2.24) is 19.5 Å². The first-order valence-electron chi connectivity index (χ1n) is 14.0. The minimum atomic E-state index is -2.62. The summed E-state index contributed by atoms with van der Waals surface area (Å²) in [5, 5.41) is 14.1. The topological polar surface area (TPSA) is 104 Å². The molecule has 0 spiro atoms. The molecule has 6 rings (SSSR count). The number of nitrogens with zero attached hydrogens (tertiary/aromatic N) is 4. The molecule has 3 atom stereocenters. The fourth-order valence-corrected chi connectivity index (χ4v) is 5.53. The van der Waals surface area contributed by atoms with E-state index in [2.05, 4.69) is 16.9 Å². The van der Waals surface area contributed by atoms with Crippen LogP contribution in [0.25, 0.3) is 11.2 Å². The zero-order chi connectivity index (χ0) is 30.9. The lowest BCUT2D eigenvalue weighted by Crippen LogP contribution is -2.39. The Morgan fingerprint density at radius 3 is 2.23 bits per heavy atom. The summed E-state index contributed by atoms with van der Waals surface area (Å²) < 4.78 is 34.3. The van der Waals surface area contributed by atoms with Gasteiger partial charge >= 0.3 is 0 Å². The lowest BCUT2D eigenvalue weighted by molar-refractivity contribution is -0.00356. The Hall–Kier alpha value is -5.40. The molecule has 1 aliphatic heterocycles. The SMILES string of the molecule is C#C[C@@]1(F)[C@H](O)C(=C)O[C@H]1n1cnc2c(OCC)nc(NC(c3ccccc3)(c3ccccc3)c3ccc(OC)cc3)nc21. The van der Waals surface area contributed by atoms with Crippen molar-refractivity contribution < 1.29 is 23.7 Å². The second-order valence-corrected chi connectivity index (χ2v) is 10.2. The molecule has 9 nitrogen and oxygen atoms in total. The molecule has 222 valence electrons. The Kier molecular flexibility index (Phi) is 7.41. The third kappa shape index (κ3) is 4.58. The van der Waals surface area contributed by atoms with Crippen LogP contribution < -0.4 is 14.8 Å². The number of aromatic nitrogens is 4. The average Bonchev–Trinajstić information content (AvgIpc) is 3.59. The quantitative estimate of drug-likeness (QED) is 0.174. The van der Waals surface area contributed by atoms with Crippen LogP contribution in [0.5, 0.6) is 11.6 Å². The second-order valence-electron chi connectivity index (χ2n) is 10.2. The lowest BCUT2D eigenvalue weighted by Gasteiger charge is -2.37. The van der Waals surface area contributed by atoms with Gasteiger partial charge in [-0.25, -0.2) is 9.37 Å². The Labute approximate surface area is 254 Å². The number of fused-ring (bicyclic) bond motifs is 1. The first-order chi connectivity index (χ1) is 21.3. The molecule has 5 aromatic rings. The summed E-state index contributed by atoms with van der Waals surface area (Å²) in [4.78, 5) is 13.9. The highest BCUT2D eigenvalue weighted by molar-refractivity contribution is 5.78. The highest BCUT2D eigenvalue weighted by Crippen LogP contribution is 2.45. The summed E-state index contributed by atoms with van der Waals surface area (Å²) in [6.45, 7) is 5.73. The van der Waals surface area contributed by atoms with Gasteiger partial charge in [0.25, 0.3) is 5.67 Å². The number of terminal acetylenes is 1. The molecule has 1 aliphatic rings. The Bertz CT molecular complexity index is 1800. The van der Waals surface area contributed by atoms with Gasteiger partial charge in [-0.1, -0.05) is 85.3 Å². The van der Waals surface area contributed by atoms with Gasteiger partial charge in [-0.15, -0.1) is 6.42 Å². The van der Waals surface area contributed by atoms with E-state index in [1.54, 1.807) is 7.11 Å². The molecule has 10 heteroatoms. The molecular weight excluding hydrogens is 561 g/mol. The first-order valence-corrected chi connectivity index (χ1v) is 14.0. The van der Waals surface area contributed by atoms with Crippen LogP contribution in [0.3, 0.4) is 0 Å². The van der Waals surface area contributed by atoms with Gasteiger partial charge in [0.1, 0.15) is 23.4 Å². The number of hydrogen-bond donors (Lipinski definition) is 2. The van der Waals surface area contributed by atoms with E-state index in [0.29, 0.717) is 5.75 Å². The number of nitrogens with one attached hydrogen (secondary N) is 1. The van der Waals surface area contributed by atoms with Gasteiger partial charge in [-0.05, 0) is 35.7 Å². The van der Waals surface area contributed by atoms with Gasteiger partial charge in [0.15, 0.2) is 17.3 Å². The molecule has 2 aromatic heterocycles. The molecule has 0 amide bonds. The summed E-state index contributed by atoms with van der Waals surface area (Å²) in [6.07, 6.45) is 3.66. The van der Waals surface area contributed by atoms with E-state index >= 15 is 4.39 Å². The predicted octanol–water partition coefficient (Wildman–Crippen LogP) is 5.38. The standard InChI is InChI=1S/C34H30FN5O4/c1-5-33(35)28(41)22(3)44-31(33)40-21-36-27-29(40)37-32(38-30(27)43-6-2)39-34(23-13-9-7-10-14-23,24-15-11-8-12-16-24)25-17-19-26(42-4)20-18-25/h1,7-21,28,31,41H,3,6H2,2,4H3,(H,37,38,39)/t28-,31-,33-/m1/s1. The van der Waals surface area contributed by atoms with Crippen LogP contribution in [0.1, 0.15) is 29.8 Å². The van der Waals surface area contributed by atoms with Crippen LogP contribution in [0.4, 0.5) is 10.3 Å². The Morgan fingerprint density at radius 1 is 1.05 bits per heavy atom. The molecular formula is C34H30FN5O4. The second kappa shape index (κ2) is 11.4. The largest absolute Gasteiger partial charge is 0.497 e. The molecule has 0 unspecified atom stereocenters. The minimum Gasteiger partial charge on any atom is -0.497 e. The average molecular weight is 592 g/mol. The van der Waals surface area contributed by atoms with E-state index in [9.17, 15) is 5.11 Å². The van der Waals surface area contributed by atoms with Gasteiger partial charge in [-0.3, -0.25) is 4.57 Å². The Balaban J connectivity index is 1.59. The van der Waals surface area contributed by atoms with Crippen molar-refractivity contribution in [3.05, 3.63) is 120 Å². The van der Waals surface area contributed by atoms with E-state index < -0.39 is 23.5 Å². The number of alkyl halides is 1. The van der Waals surface area contributed by atoms with E-state index in [-0.39, 0.29) is 35.4 Å². The predicted molar refractivity (Wildman–Crippen MR) is 164 cm³/mol. The van der Waals surface area contributed by atoms with Crippen molar-refractivity contribution in [3.63, 3.8) is 0 Å². The van der Waals surface area contributed by atoms with Crippen LogP contribution in [0.2, 0.25) is 0 Å². The van der Waals surface area contributed by atoms with Crippen molar-refractivity contribution in [2.75, 3.05) is 19.0 Å². The van der Waals surface area contributed by atoms with Gasteiger partial charge in [0.2, 0.25) is 18.1 Å². The molecule has 2 N–H and O–H groups in total. The molecule has 3 aromatic carbocycles. The number of aliphatic hydroxyl groups is 1.